The van der Waals surface area contributed by atoms with E-state index in [1.165, 1.54) is 24.3 Å². The summed E-state index contributed by atoms with van der Waals surface area (Å²) >= 11 is 0. The van der Waals surface area contributed by atoms with E-state index in [-0.39, 0.29) is 11.6 Å². The maximum absolute atomic E-state index is 14.1. The van der Waals surface area contributed by atoms with Gasteiger partial charge >= 0.3 is 0 Å². The Morgan fingerprint density at radius 1 is 0.321 bits per heavy atom. The van der Waals surface area contributed by atoms with Gasteiger partial charge in [-0.05, 0) is 97.1 Å². The molecule has 0 saturated carbocycles. The average Bonchev–Trinajstić information content (AvgIpc) is 3.84. The Kier molecular flexibility index (Phi) is 8.03. The maximum atomic E-state index is 14.1. The van der Waals surface area contributed by atoms with Crippen LogP contribution in [0.5, 0.6) is 0 Å². The molecule has 10 rings (SSSR count). The highest BCUT2D eigenvalue weighted by molar-refractivity contribution is 5.88. The van der Waals surface area contributed by atoms with Crippen molar-refractivity contribution in [2.75, 3.05) is 0 Å². The zero-order chi connectivity index (χ0) is 37.6. The predicted octanol–water partition coefficient (Wildman–Crippen LogP) is 11.2. The molecule has 7 nitrogen and oxygen atoms in total. The number of benzene rings is 7. The highest BCUT2D eigenvalue weighted by Crippen LogP contribution is 2.37. The van der Waals surface area contributed by atoms with E-state index < -0.39 is 0 Å². The van der Waals surface area contributed by atoms with Crippen LogP contribution in [0.2, 0.25) is 0 Å². The van der Waals surface area contributed by atoms with Gasteiger partial charge in [0.1, 0.15) is 23.3 Å². The number of halogens is 2. The molecule has 0 N–H and O–H groups in total. The van der Waals surface area contributed by atoms with Crippen LogP contribution in [0.15, 0.2) is 176 Å². The second-order valence-electron chi connectivity index (χ2n) is 13.2. The standard InChI is InChI=1S/C47H29F2N7/c48-33-26-22-31(23-27-33)46-50-37-16-6-10-20-41(37)55(46)39-18-8-4-14-35(39)44-52-43(30-12-2-1-3-13-30)53-45(54-44)36-15-5-9-19-40(36)56-42-21-11-7-17-38(42)51-47(56)32-24-28-34(49)29-25-32/h1-29H. The van der Waals surface area contributed by atoms with Crippen LogP contribution in [0.3, 0.4) is 0 Å². The van der Waals surface area contributed by atoms with Gasteiger partial charge in [-0.2, -0.15) is 0 Å². The Hall–Kier alpha value is -7.65. The second kappa shape index (κ2) is 13.6. The minimum absolute atomic E-state index is 0.322. The fourth-order valence-corrected chi connectivity index (χ4v) is 7.17. The van der Waals surface area contributed by atoms with E-state index in [2.05, 4.69) is 9.13 Å². The number of hydrogen-bond acceptors (Lipinski definition) is 5. The molecule has 10 aromatic rings. The molecule has 0 atom stereocenters. The van der Waals surface area contributed by atoms with E-state index in [0.29, 0.717) is 29.1 Å². The molecule has 0 aliphatic heterocycles. The highest BCUT2D eigenvalue weighted by Gasteiger charge is 2.23. The molecule has 0 fully saturated rings. The maximum Gasteiger partial charge on any atom is 0.166 e. The summed E-state index contributed by atoms with van der Waals surface area (Å²) in [6.07, 6.45) is 0. The number of fused-ring (bicyclic) bond motifs is 2. The van der Waals surface area contributed by atoms with Crippen molar-refractivity contribution in [3.05, 3.63) is 188 Å². The second-order valence-corrected chi connectivity index (χ2v) is 13.2. The van der Waals surface area contributed by atoms with Gasteiger partial charge in [0.2, 0.25) is 0 Å². The zero-order valence-corrected chi connectivity index (χ0v) is 29.6. The van der Waals surface area contributed by atoms with Gasteiger partial charge in [-0.1, -0.05) is 78.9 Å². The van der Waals surface area contributed by atoms with Crippen molar-refractivity contribution in [1.29, 1.82) is 0 Å². The third-order valence-corrected chi connectivity index (χ3v) is 9.77. The number of hydrogen-bond donors (Lipinski definition) is 0. The van der Waals surface area contributed by atoms with Gasteiger partial charge in [0, 0.05) is 27.8 Å². The summed E-state index contributed by atoms with van der Waals surface area (Å²) in [6, 6.07) is 54.3. The smallest absolute Gasteiger partial charge is 0.166 e. The number of para-hydroxylation sites is 6. The van der Waals surface area contributed by atoms with Crippen LogP contribution in [0, 0.1) is 11.6 Å². The Balaban J connectivity index is 1.22. The van der Waals surface area contributed by atoms with E-state index in [9.17, 15) is 8.78 Å². The first kappa shape index (κ1) is 33.0. The van der Waals surface area contributed by atoms with Gasteiger partial charge in [0.05, 0.1) is 33.4 Å². The zero-order valence-electron chi connectivity index (χ0n) is 29.6. The van der Waals surface area contributed by atoms with E-state index in [4.69, 9.17) is 24.9 Å². The number of rotatable bonds is 7. The molecule has 0 unspecified atom stereocenters. The van der Waals surface area contributed by atoms with Gasteiger partial charge in [0.25, 0.3) is 0 Å². The summed E-state index contributed by atoms with van der Waals surface area (Å²) in [5, 5.41) is 0. The Labute approximate surface area is 319 Å². The van der Waals surface area contributed by atoms with Crippen LogP contribution in [0.4, 0.5) is 8.78 Å². The molecule has 9 heteroatoms. The summed E-state index contributed by atoms with van der Waals surface area (Å²) in [6.45, 7) is 0. The van der Waals surface area contributed by atoms with E-state index in [1.54, 1.807) is 24.3 Å². The lowest BCUT2D eigenvalue weighted by Gasteiger charge is -2.17. The molecule has 0 saturated heterocycles. The first-order valence-electron chi connectivity index (χ1n) is 18.1. The molecule has 0 aliphatic carbocycles. The van der Waals surface area contributed by atoms with Gasteiger partial charge in [-0.3, -0.25) is 9.13 Å². The summed E-state index contributed by atoms with van der Waals surface area (Å²) < 4.78 is 32.4. The van der Waals surface area contributed by atoms with Crippen LogP contribution >= 0.6 is 0 Å². The average molecular weight is 730 g/mol. The van der Waals surface area contributed by atoms with Crippen molar-refractivity contribution in [1.82, 2.24) is 34.1 Å². The van der Waals surface area contributed by atoms with Crippen LogP contribution in [0.1, 0.15) is 0 Å². The van der Waals surface area contributed by atoms with Crippen LogP contribution in [0.25, 0.3) is 90.4 Å². The predicted molar refractivity (Wildman–Crippen MR) is 216 cm³/mol. The number of imidazole rings is 2. The summed E-state index contributed by atoms with van der Waals surface area (Å²) in [5.41, 5.74) is 8.78. The SMILES string of the molecule is Fc1ccc(-c2nc3ccccc3n2-c2ccccc2-c2nc(-c3ccccc3)nc(-c3ccccc3-n3c(-c4ccc(F)cc4)nc4ccccc43)n2)cc1. The quantitative estimate of drug-likeness (QED) is 0.163. The fourth-order valence-electron chi connectivity index (χ4n) is 7.17. The Bertz CT molecular complexity index is 2860. The van der Waals surface area contributed by atoms with Gasteiger partial charge in [0.15, 0.2) is 17.5 Å². The summed E-state index contributed by atoms with van der Waals surface area (Å²) in [5.74, 6) is 2.07. The minimum Gasteiger partial charge on any atom is -0.292 e. The molecule has 7 aromatic carbocycles. The first-order valence-corrected chi connectivity index (χ1v) is 18.1. The molecule has 3 heterocycles. The van der Waals surface area contributed by atoms with Gasteiger partial charge in [-0.25, -0.2) is 33.7 Å². The van der Waals surface area contributed by atoms with Gasteiger partial charge in [-0.15, -0.1) is 0 Å². The lowest BCUT2D eigenvalue weighted by molar-refractivity contribution is 0.627. The van der Waals surface area contributed by atoms with Crippen molar-refractivity contribution < 1.29 is 8.78 Å². The van der Waals surface area contributed by atoms with Crippen LogP contribution in [-0.4, -0.2) is 34.1 Å². The monoisotopic (exact) mass is 729 g/mol. The molecule has 56 heavy (non-hydrogen) atoms. The largest absolute Gasteiger partial charge is 0.292 e. The molecule has 266 valence electrons. The van der Waals surface area contributed by atoms with Gasteiger partial charge < -0.3 is 0 Å². The van der Waals surface area contributed by atoms with E-state index in [1.807, 2.05) is 127 Å². The van der Waals surface area contributed by atoms with Crippen molar-refractivity contribution in [3.63, 3.8) is 0 Å². The molecular weight excluding hydrogens is 701 g/mol. The molecular formula is C47H29F2N7. The van der Waals surface area contributed by atoms with E-state index in [0.717, 1.165) is 61.3 Å². The normalized spacial score (nSPS) is 11.4. The lowest BCUT2D eigenvalue weighted by Crippen LogP contribution is -2.06. The molecule has 0 bridgehead atoms. The summed E-state index contributed by atoms with van der Waals surface area (Å²) in [7, 11) is 0. The first-order chi connectivity index (χ1) is 27.6. The van der Waals surface area contributed by atoms with Crippen molar-refractivity contribution >= 4 is 22.1 Å². The number of nitrogens with zero attached hydrogens (tertiary/aromatic N) is 7. The Morgan fingerprint density at radius 3 is 1.20 bits per heavy atom. The third-order valence-electron chi connectivity index (χ3n) is 9.77. The fraction of sp³-hybridized carbons (Fsp3) is 0. The lowest BCUT2D eigenvalue weighted by atomic mass is 10.1. The van der Waals surface area contributed by atoms with Crippen molar-refractivity contribution in [3.8, 4) is 68.3 Å². The van der Waals surface area contributed by atoms with Crippen LogP contribution in [-0.2, 0) is 0 Å². The summed E-state index contributed by atoms with van der Waals surface area (Å²) in [4.78, 5) is 25.5. The molecule has 0 amide bonds. The van der Waals surface area contributed by atoms with Crippen molar-refractivity contribution in [2.24, 2.45) is 0 Å². The molecule has 3 aromatic heterocycles. The molecule has 0 radical (unpaired) electrons. The molecule has 0 aliphatic rings. The Morgan fingerprint density at radius 2 is 0.714 bits per heavy atom. The highest BCUT2D eigenvalue weighted by atomic mass is 19.1. The van der Waals surface area contributed by atoms with Crippen molar-refractivity contribution in [2.45, 2.75) is 0 Å². The van der Waals surface area contributed by atoms with E-state index >= 15 is 0 Å². The number of aromatic nitrogens is 7. The topological polar surface area (TPSA) is 74.3 Å². The minimum atomic E-state index is -0.322. The molecule has 0 spiro atoms. The third kappa shape index (κ3) is 5.79. The van der Waals surface area contributed by atoms with Crippen LogP contribution < -0.4 is 0 Å².